The Balaban J connectivity index is 0. The van der Waals surface area contributed by atoms with Gasteiger partial charge in [0, 0.05) is 0 Å². The Bertz CT molecular complexity index is 54.1. The fourth-order valence-corrected chi connectivity index (χ4v) is 5.64. The van der Waals surface area contributed by atoms with Crippen molar-refractivity contribution in [1.29, 1.82) is 0 Å². The van der Waals surface area contributed by atoms with E-state index in [-0.39, 0.29) is 43.7 Å². The van der Waals surface area contributed by atoms with Gasteiger partial charge in [-0.05, 0) is 0 Å². The summed E-state index contributed by atoms with van der Waals surface area (Å²) in [7, 11) is 0. The summed E-state index contributed by atoms with van der Waals surface area (Å²) in [6, 6.07) is 0. The second-order valence-corrected chi connectivity index (χ2v) is 7.52. The van der Waals surface area contributed by atoms with Gasteiger partial charge in [-0.15, -0.1) is 0 Å². The van der Waals surface area contributed by atoms with Crippen molar-refractivity contribution in [1.82, 2.24) is 0 Å². The molecular weight excluding hydrogens is 350 g/mol. The summed E-state index contributed by atoms with van der Waals surface area (Å²) >= 11 is 0.0953. The van der Waals surface area contributed by atoms with Crippen molar-refractivity contribution < 1.29 is 3.08 Å². The van der Waals surface area contributed by atoms with E-state index in [2.05, 4.69) is 13.8 Å². The van der Waals surface area contributed by atoms with Crippen molar-refractivity contribution >= 4 is 43.7 Å². The van der Waals surface area contributed by atoms with E-state index in [1.165, 1.54) is 25.7 Å². The average molecular weight is 370 g/mol. The summed E-state index contributed by atoms with van der Waals surface area (Å²) in [5, 5.41) is 0. The summed E-state index contributed by atoms with van der Waals surface area (Å²) in [4.78, 5) is 0. The number of hydrogen-bond donors (Lipinski definition) is 0. The minimum atomic E-state index is -0.00469. The van der Waals surface area contributed by atoms with E-state index in [4.69, 9.17) is 3.08 Å². The van der Waals surface area contributed by atoms with Gasteiger partial charge in [0.05, 0.1) is 0 Å². The van der Waals surface area contributed by atoms with Crippen LogP contribution in [0.3, 0.4) is 0 Å². The van der Waals surface area contributed by atoms with Crippen molar-refractivity contribution in [3.8, 4) is 0 Å². The number of unbranched alkanes of at least 4 members (excludes halogenated alkanes) is 2. The van der Waals surface area contributed by atoms with Crippen molar-refractivity contribution in [2.45, 2.75) is 48.4 Å². The van der Waals surface area contributed by atoms with Gasteiger partial charge in [0.2, 0.25) is 0 Å². The van der Waals surface area contributed by atoms with Gasteiger partial charge in [-0.1, -0.05) is 0 Å². The predicted octanol–water partition coefficient (Wildman–Crippen LogP) is 2.09. The minimum absolute atomic E-state index is 0.00469. The van der Waals surface area contributed by atoms with Crippen LogP contribution in [0.25, 0.3) is 0 Å². The number of hydrogen-bond acceptors (Lipinski definition) is 1. The molecular formula is C8H20OSn2. The molecule has 0 bridgehead atoms. The van der Waals surface area contributed by atoms with E-state index in [1.807, 2.05) is 0 Å². The molecule has 0 saturated heterocycles. The zero-order chi connectivity index (χ0) is 8.95. The van der Waals surface area contributed by atoms with E-state index in [0.29, 0.717) is 0 Å². The van der Waals surface area contributed by atoms with Gasteiger partial charge >= 0.3 is 95.1 Å². The molecule has 11 heavy (non-hydrogen) atoms. The van der Waals surface area contributed by atoms with Crippen LogP contribution in [0.5, 0.6) is 0 Å². The van der Waals surface area contributed by atoms with Crippen molar-refractivity contribution in [2.75, 3.05) is 0 Å². The summed E-state index contributed by atoms with van der Waals surface area (Å²) in [5.74, 6) is 0. The second kappa shape index (κ2) is 17.5. The van der Waals surface area contributed by atoms with Crippen LogP contribution in [0.1, 0.15) is 39.5 Å². The summed E-state index contributed by atoms with van der Waals surface area (Å²) in [5.41, 5.74) is 0. The third-order valence-corrected chi connectivity index (χ3v) is 6.18. The maximum absolute atomic E-state index is 8.38. The van der Waals surface area contributed by atoms with Crippen LogP contribution < -0.4 is 0 Å². The Labute approximate surface area is 94.4 Å². The first-order valence-corrected chi connectivity index (χ1v) is 10.5. The van der Waals surface area contributed by atoms with E-state index in [1.54, 1.807) is 8.87 Å². The Morgan fingerprint density at radius 3 is 1.64 bits per heavy atom. The third kappa shape index (κ3) is 18.4. The summed E-state index contributed by atoms with van der Waals surface area (Å²) in [6.45, 7) is 4.59. The molecule has 0 aromatic heterocycles. The molecule has 0 aromatic carbocycles. The fraction of sp³-hybridized carbons (Fsp3) is 1.00. The quantitative estimate of drug-likeness (QED) is 0.518. The zero-order valence-electron chi connectivity index (χ0n) is 7.81. The Kier molecular flexibility index (Phi) is 23.7. The van der Waals surface area contributed by atoms with Crippen molar-refractivity contribution in [2.24, 2.45) is 0 Å². The molecule has 0 aromatic rings. The predicted molar refractivity (Wildman–Crippen MR) is 54.4 cm³/mol. The summed E-state index contributed by atoms with van der Waals surface area (Å²) in [6.07, 6.45) is 5.87. The summed E-state index contributed by atoms with van der Waals surface area (Å²) < 4.78 is 11.7. The molecule has 2 radical (unpaired) electrons. The second-order valence-electron chi connectivity index (χ2n) is 2.57. The molecule has 0 aliphatic carbocycles. The van der Waals surface area contributed by atoms with Gasteiger partial charge in [-0.2, -0.15) is 0 Å². The van der Waals surface area contributed by atoms with Crippen molar-refractivity contribution in [3.63, 3.8) is 0 Å². The average Bonchev–Trinajstić information content (AvgIpc) is 2.08. The van der Waals surface area contributed by atoms with E-state index >= 15 is 0 Å². The van der Waals surface area contributed by atoms with Gasteiger partial charge in [-0.3, -0.25) is 0 Å². The van der Waals surface area contributed by atoms with Gasteiger partial charge in [0.1, 0.15) is 0 Å². The van der Waals surface area contributed by atoms with Crippen LogP contribution in [0.2, 0.25) is 8.87 Å². The molecule has 0 N–H and O–H groups in total. The first-order chi connectivity index (χ1) is 5.41. The van der Waals surface area contributed by atoms with E-state index in [0.717, 1.165) is 0 Å². The van der Waals surface area contributed by atoms with Crippen LogP contribution in [0.15, 0.2) is 0 Å². The normalized spacial score (nSPS) is 8.55. The molecule has 0 amide bonds. The monoisotopic (exact) mass is 372 g/mol. The third-order valence-electron chi connectivity index (χ3n) is 1.52. The van der Waals surface area contributed by atoms with E-state index in [9.17, 15) is 0 Å². The first-order valence-electron chi connectivity index (χ1n) is 4.47. The molecule has 0 spiro atoms. The first kappa shape index (κ1) is 14.9. The SMILES string of the molecule is CCC[CH2][SnH][CH2]CCC.[O]=[SnH]. The molecule has 0 aliphatic heterocycles. The molecule has 0 atom stereocenters. The zero-order valence-corrected chi connectivity index (χ0v) is 14.4. The van der Waals surface area contributed by atoms with Crippen LogP contribution in [-0.2, 0) is 3.08 Å². The molecule has 0 fully saturated rings. The van der Waals surface area contributed by atoms with Gasteiger partial charge in [0.25, 0.3) is 0 Å². The molecule has 0 unspecified atom stereocenters. The van der Waals surface area contributed by atoms with Crippen LogP contribution >= 0.6 is 0 Å². The number of rotatable bonds is 6. The van der Waals surface area contributed by atoms with Gasteiger partial charge in [-0.25, -0.2) is 0 Å². The standard InChI is InChI=1S/2C4H9.O.2Sn.2H/c2*1-3-4-2;;;;;/h2*1,3-4H2,2H3;;;;;. The Morgan fingerprint density at radius 1 is 1.00 bits per heavy atom. The Morgan fingerprint density at radius 2 is 1.36 bits per heavy atom. The molecule has 0 heterocycles. The Hall–Kier alpha value is 1.40. The van der Waals surface area contributed by atoms with Crippen LogP contribution in [0, 0.1) is 0 Å². The molecule has 0 saturated carbocycles. The molecule has 66 valence electrons. The maximum atomic E-state index is 8.38. The molecule has 0 aliphatic rings. The van der Waals surface area contributed by atoms with E-state index < -0.39 is 0 Å². The molecule has 3 heteroatoms. The molecule has 0 rings (SSSR count). The molecule has 1 nitrogen and oxygen atoms in total. The van der Waals surface area contributed by atoms with Crippen LogP contribution in [0.4, 0.5) is 0 Å². The topological polar surface area (TPSA) is 17.1 Å². The van der Waals surface area contributed by atoms with Crippen LogP contribution in [-0.4, -0.2) is 43.7 Å². The van der Waals surface area contributed by atoms with Gasteiger partial charge in [0.15, 0.2) is 0 Å². The van der Waals surface area contributed by atoms with Crippen molar-refractivity contribution in [3.05, 3.63) is 0 Å². The fourth-order valence-electron chi connectivity index (χ4n) is 0.841. The van der Waals surface area contributed by atoms with Gasteiger partial charge < -0.3 is 0 Å².